The molecule has 0 saturated heterocycles. The monoisotopic (exact) mass is 251 g/mol. The van der Waals surface area contributed by atoms with Gasteiger partial charge < -0.3 is 14.7 Å². The second kappa shape index (κ2) is 7.71. The van der Waals surface area contributed by atoms with Crippen LogP contribution in [0.1, 0.15) is 13.8 Å². The van der Waals surface area contributed by atoms with E-state index in [1.54, 1.807) is 0 Å². The Balaban J connectivity index is 2.49. The molecule has 0 bridgehead atoms. The van der Waals surface area contributed by atoms with Crippen LogP contribution in [-0.2, 0) is 9.53 Å². The van der Waals surface area contributed by atoms with Gasteiger partial charge in [-0.05, 0) is 18.1 Å². The number of carboxylic acids is 1. The van der Waals surface area contributed by atoms with Crippen molar-refractivity contribution in [2.75, 3.05) is 31.2 Å². The molecule has 1 aromatic carbocycles. The number of carboxylic acid groups (broad SMARTS) is 1. The molecular weight excluding hydrogens is 230 g/mol. The van der Waals surface area contributed by atoms with Crippen LogP contribution in [0.25, 0.3) is 0 Å². The number of rotatable bonds is 8. The maximum atomic E-state index is 10.8. The number of hydrogen-bond donors (Lipinski definition) is 1. The summed E-state index contributed by atoms with van der Waals surface area (Å²) in [5, 5.41) is 8.91. The number of aliphatic carboxylic acids is 1. The minimum absolute atomic E-state index is 0.00491. The summed E-state index contributed by atoms with van der Waals surface area (Å²) in [4.78, 5) is 12.6. The van der Waals surface area contributed by atoms with Crippen molar-refractivity contribution in [1.82, 2.24) is 0 Å². The molecule has 4 nitrogen and oxygen atoms in total. The van der Waals surface area contributed by atoms with Gasteiger partial charge >= 0.3 is 5.97 Å². The Hall–Kier alpha value is -1.55. The standard InChI is InChI=1S/C14H21NO3/c1-12(2)11-18-9-8-15(10-14(16)17)13-6-4-3-5-7-13/h3-7,12H,8-11H2,1-2H3,(H,16,17). The summed E-state index contributed by atoms with van der Waals surface area (Å²) in [5.41, 5.74) is 0.910. The molecule has 1 rings (SSSR count). The van der Waals surface area contributed by atoms with Crippen LogP contribution in [0.15, 0.2) is 30.3 Å². The molecule has 1 N–H and O–H groups in total. The maximum Gasteiger partial charge on any atom is 0.323 e. The van der Waals surface area contributed by atoms with Crippen molar-refractivity contribution in [3.05, 3.63) is 30.3 Å². The lowest BCUT2D eigenvalue weighted by molar-refractivity contribution is -0.135. The molecule has 0 aliphatic heterocycles. The third-order valence-corrected chi connectivity index (χ3v) is 2.40. The summed E-state index contributed by atoms with van der Waals surface area (Å²) in [6.45, 7) is 6.01. The number of carbonyl (C=O) groups is 1. The predicted octanol–water partition coefficient (Wildman–Crippen LogP) is 2.25. The van der Waals surface area contributed by atoms with Gasteiger partial charge in [0.2, 0.25) is 0 Å². The highest BCUT2D eigenvalue weighted by molar-refractivity contribution is 5.73. The minimum Gasteiger partial charge on any atom is -0.480 e. The fraction of sp³-hybridized carbons (Fsp3) is 0.500. The first kappa shape index (κ1) is 14.5. The van der Waals surface area contributed by atoms with E-state index in [0.717, 1.165) is 5.69 Å². The van der Waals surface area contributed by atoms with Crippen LogP contribution in [0.5, 0.6) is 0 Å². The topological polar surface area (TPSA) is 49.8 Å². The molecular formula is C14H21NO3. The number of benzene rings is 1. The van der Waals surface area contributed by atoms with Crippen molar-refractivity contribution in [2.24, 2.45) is 5.92 Å². The lowest BCUT2D eigenvalue weighted by atomic mass is 10.2. The zero-order chi connectivity index (χ0) is 13.4. The van der Waals surface area contributed by atoms with Crippen LogP contribution >= 0.6 is 0 Å². The number of anilines is 1. The van der Waals surface area contributed by atoms with Gasteiger partial charge in [0.15, 0.2) is 0 Å². The van der Waals surface area contributed by atoms with Crippen molar-refractivity contribution < 1.29 is 14.6 Å². The van der Waals surface area contributed by atoms with Crippen molar-refractivity contribution in [3.8, 4) is 0 Å². The Morgan fingerprint density at radius 1 is 1.33 bits per heavy atom. The van der Waals surface area contributed by atoms with E-state index in [4.69, 9.17) is 9.84 Å². The third-order valence-electron chi connectivity index (χ3n) is 2.40. The van der Waals surface area contributed by atoms with Gasteiger partial charge in [-0.2, -0.15) is 0 Å². The molecule has 0 heterocycles. The summed E-state index contributed by atoms with van der Waals surface area (Å²) in [6.07, 6.45) is 0. The highest BCUT2D eigenvalue weighted by atomic mass is 16.5. The van der Waals surface area contributed by atoms with Gasteiger partial charge in [0.05, 0.1) is 6.61 Å². The van der Waals surface area contributed by atoms with Crippen LogP contribution in [0.4, 0.5) is 5.69 Å². The molecule has 1 aromatic rings. The van der Waals surface area contributed by atoms with E-state index < -0.39 is 5.97 Å². The van der Waals surface area contributed by atoms with Crippen LogP contribution in [0, 0.1) is 5.92 Å². The Bertz CT molecular complexity index is 351. The molecule has 0 aliphatic rings. The Kier molecular flexibility index (Phi) is 6.22. The van der Waals surface area contributed by atoms with Crippen molar-refractivity contribution in [3.63, 3.8) is 0 Å². The second-order valence-corrected chi connectivity index (χ2v) is 4.62. The Labute approximate surface area is 108 Å². The van der Waals surface area contributed by atoms with Gasteiger partial charge in [-0.3, -0.25) is 4.79 Å². The molecule has 0 spiro atoms. The second-order valence-electron chi connectivity index (χ2n) is 4.62. The molecule has 0 amide bonds. The lowest BCUT2D eigenvalue weighted by Gasteiger charge is -2.22. The van der Waals surface area contributed by atoms with Crippen molar-refractivity contribution >= 4 is 11.7 Å². The number of hydrogen-bond acceptors (Lipinski definition) is 3. The largest absolute Gasteiger partial charge is 0.480 e. The lowest BCUT2D eigenvalue weighted by Crippen LogP contribution is -2.33. The first-order valence-corrected chi connectivity index (χ1v) is 6.19. The summed E-state index contributed by atoms with van der Waals surface area (Å²) in [7, 11) is 0. The van der Waals surface area contributed by atoms with Crippen molar-refractivity contribution in [1.29, 1.82) is 0 Å². The Morgan fingerprint density at radius 2 is 2.00 bits per heavy atom. The first-order chi connectivity index (χ1) is 8.59. The molecule has 0 aromatic heterocycles. The number of para-hydroxylation sites is 1. The summed E-state index contributed by atoms with van der Waals surface area (Å²) >= 11 is 0. The molecule has 0 saturated carbocycles. The van der Waals surface area contributed by atoms with Crippen LogP contribution in [-0.4, -0.2) is 37.4 Å². The van der Waals surface area contributed by atoms with E-state index in [1.165, 1.54) is 0 Å². The number of ether oxygens (including phenoxy) is 1. The van der Waals surface area contributed by atoms with Gasteiger partial charge in [0.1, 0.15) is 6.54 Å². The minimum atomic E-state index is -0.831. The van der Waals surface area contributed by atoms with Crippen LogP contribution in [0.2, 0.25) is 0 Å². The van der Waals surface area contributed by atoms with Crippen LogP contribution in [0.3, 0.4) is 0 Å². The van der Waals surface area contributed by atoms with Crippen molar-refractivity contribution in [2.45, 2.75) is 13.8 Å². The summed E-state index contributed by atoms with van der Waals surface area (Å²) in [6, 6.07) is 9.53. The zero-order valence-electron chi connectivity index (χ0n) is 11.0. The third kappa shape index (κ3) is 5.68. The Morgan fingerprint density at radius 3 is 2.56 bits per heavy atom. The SMILES string of the molecule is CC(C)COCCN(CC(=O)O)c1ccccc1. The molecule has 0 atom stereocenters. The molecule has 0 fully saturated rings. The summed E-state index contributed by atoms with van der Waals surface area (Å²) in [5.74, 6) is -0.336. The van der Waals surface area contributed by atoms with Gasteiger partial charge in [-0.25, -0.2) is 0 Å². The highest BCUT2D eigenvalue weighted by Gasteiger charge is 2.10. The molecule has 0 unspecified atom stereocenters. The van der Waals surface area contributed by atoms with E-state index in [9.17, 15) is 4.79 Å². The fourth-order valence-electron chi connectivity index (χ4n) is 1.60. The van der Waals surface area contributed by atoms with E-state index in [0.29, 0.717) is 25.7 Å². The zero-order valence-corrected chi connectivity index (χ0v) is 11.0. The molecule has 0 aliphatic carbocycles. The van der Waals surface area contributed by atoms with E-state index in [-0.39, 0.29) is 6.54 Å². The normalized spacial score (nSPS) is 10.6. The van der Waals surface area contributed by atoms with E-state index >= 15 is 0 Å². The van der Waals surface area contributed by atoms with Gasteiger partial charge in [-0.1, -0.05) is 32.0 Å². The molecule has 4 heteroatoms. The van der Waals surface area contributed by atoms with Crippen LogP contribution < -0.4 is 4.90 Å². The van der Waals surface area contributed by atoms with E-state index in [1.807, 2.05) is 35.2 Å². The quantitative estimate of drug-likeness (QED) is 0.720. The molecule has 100 valence electrons. The van der Waals surface area contributed by atoms with Gasteiger partial charge in [-0.15, -0.1) is 0 Å². The fourth-order valence-corrected chi connectivity index (χ4v) is 1.60. The van der Waals surface area contributed by atoms with Gasteiger partial charge in [0.25, 0.3) is 0 Å². The predicted molar refractivity (Wildman–Crippen MR) is 71.9 cm³/mol. The summed E-state index contributed by atoms with van der Waals surface area (Å²) < 4.78 is 5.49. The average Bonchev–Trinajstić information content (AvgIpc) is 2.33. The molecule has 18 heavy (non-hydrogen) atoms. The molecule has 0 radical (unpaired) electrons. The van der Waals surface area contributed by atoms with Gasteiger partial charge in [0, 0.05) is 18.8 Å². The number of nitrogens with zero attached hydrogens (tertiary/aromatic N) is 1. The first-order valence-electron chi connectivity index (χ1n) is 6.19. The van der Waals surface area contributed by atoms with E-state index in [2.05, 4.69) is 13.8 Å². The average molecular weight is 251 g/mol. The smallest absolute Gasteiger partial charge is 0.323 e. The maximum absolute atomic E-state index is 10.8. The highest BCUT2D eigenvalue weighted by Crippen LogP contribution is 2.12.